The van der Waals surface area contributed by atoms with Crippen LogP contribution < -0.4 is 10.1 Å². The Morgan fingerprint density at radius 2 is 2.14 bits per heavy atom. The zero-order chi connectivity index (χ0) is 15.7. The van der Waals surface area contributed by atoms with Gasteiger partial charge in [0.25, 0.3) is 5.91 Å². The number of ether oxygens (including phenoxy) is 1. The summed E-state index contributed by atoms with van der Waals surface area (Å²) in [6.45, 7) is 4.46. The van der Waals surface area contributed by atoms with E-state index in [1.807, 2.05) is 19.1 Å². The molecule has 0 spiro atoms. The number of hydrogen-bond acceptors (Lipinski definition) is 3. The average molecular weight is 291 g/mol. The molecule has 0 saturated heterocycles. The molecule has 0 unspecified atom stereocenters. The fourth-order valence-electron chi connectivity index (χ4n) is 1.76. The third kappa shape index (κ3) is 6.12. The van der Waals surface area contributed by atoms with Gasteiger partial charge in [-0.2, -0.15) is 0 Å². The minimum absolute atomic E-state index is 0.0809. The van der Waals surface area contributed by atoms with Crippen LogP contribution in [-0.4, -0.2) is 30.1 Å². The largest absolute Gasteiger partial charge is 0.483 e. The van der Waals surface area contributed by atoms with Crippen LogP contribution in [0.15, 0.2) is 24.3 Å². The van der Waals surface area contributed by atoms with E-state index in [0.29, 0.717) is 17.9 Å². The summed E-state index contributed by atoms with van der Waals surface area (Å²) in [5.41, 5.74) is 1.49. The number of aryl methyl sites for hydroxylation is 1. The Labute approximate surface area is 124 Å². The van der Waals surface area contributed by atoms with Gasteiger partial charge in [0.05, 0.1) is 0 Å². The molecule has 2 N–H and O–H groups in total. The van der Waals surface area contributed by atoms with Gasteiger partial charge >= 0.3 is 5.97 Å². The van der Waals surface area contributed by atoms with E-state index < -0.39 is 5.97 Å². The molecule has 0 aromatic heterocycles. The average Bonchev–Trinajstić information content (AvgIpc) is 2.44. The smallest absolute Gasteiger partial charge is 0.328 e. The normalized spacial score (nSPS) is 10.6. The van der Waals surface area contributed by atoms with E-state index in [0.717, 1.165) is 24.5 Å². The number of unbranched alkanes of at least 4 members (excludes halogenated alkanes) is 1. The lowest BCUT2D eigenvalue weighted by molar-refractivity contribution is -0.131. The summed E-state index contributed by atoms with van der Waals surface area (Å²) in [4.78, 5) is 22.2. The molecule has 0 aliphatic rings. The van der Waals surface area contributed by atoms with Crippen LogP contribution in [-0.2, 0) is 9.59 Å². The molecular formula is C16H21NO4. The van der Waals surface area contributed by atoms with Crippen molar-refractivity contribution in [3.63, 3.8) is 0 Å². The van der Waals surface area contributed by atoms with Crippen molar-refractivity contribution in [2.24, 2.45) is 0 Å². The van der Waals surface area contributed by atoms with Crippen molar-refractivity contribution in [3.8, 4) is 5.75 Å². The predicted octanol–water partition coefficient (Wildman–Crippen LogP) is 2.39. The first-order chi connectivity index (χ1) is 10.0. The number of nitrogens with one attached hydrogen (secondary N) is 1. The first kappa shape index (κ1) is 16.8. The number of rotatable bonds is 8. The molecule has 0 fully saturated rings. The third-order valence-corrected chi connectivity index (χ3v) is 2.85. The Kier molecular flexibility index (Phi) is 7.01. The number of hydrogen-bond donors (Lipinski definition) is 2. The van der Waals surface area contributed by atoms with Crippen molar-refractivity contribution in [1.29, 1.82) is 0 Å². The van der Waals surface area contributed by atoms with Crippen LogP contribution in [0.4, 0.5) is 0 Å². The van der Waals surface area contributed by atoms with Gasteiger partial charge in [0.1, 0.15) is 5.75 Å². The lowest BCUT2D eigenvalue weighted by Gasteiger charge is -2.12. The molecule has 1 rings (SSSR count). The van der Waals surface area contributed by atoms with Gasteiger partial charge in [-0.1, -0.05) is 31.5 Å². The maximum atomic E-state index is 11.6. The van der Waals surface area contributed by atoms with Gasteiger partial charge in [-0.3, -0.25) is 4.79 Å². The number of para-hydroxylation sites is 1. The topological polar surface area (TPSA) is 75.6 Å². The molecule has 1 amide bonds. The maximum absolute atomic E-state index is 11.6. The molecule has 0 bridgehead atoms. The SMILES string of the molecule is CCCCNC(=O)COc1c(C)cccc1/C=C/C(=O)O. The Bertz CT molecular complexity index is 523. The van der Waals surface area contributed by atoms with E-state index in [1.54, 1.807) is 6.07 Å². The summed E-state index contributed by atoms with van der Waals surface area (Å²) in [5, 5.41) is 11.4. The van der Waals surface area contributed by atoms with Gasteiger partial charge in [0.15, 0.2) is 6.61 Å². The zero-order valence-corrected chi connectivity index (χ0v) is 12.4. The van der Waals surface area contributed by atoms with Crippen molar-refractivity contribution in [1.82, 2.24) is 5.32 Å². The van der Waals surface area contributed by atoms with Gasteiger partial charge < -0.3 is 15.2 Å². The van der Waals surface area contributed by atoms with Crippen molar-refractivity contribution < 1.29 is 19.4 Å². The van der Waals surface area contributed by atoms with Crippen molar-refractivity contribution in [3.05, 3.63) is 35.4 Å². The molecule has 0 heterocycles. The summed E-state index contributed by atoms with van der Waals surface area (Å²) in [5.74, 6) is -0.680. The molecule has 5 heteroatoms. The minimum atomic E-state index is -1.03. The van der Waals surface area contributed by atoms with E-state index in [-0.39, 0.29) is 12.5 Å². The molecular weight excluding hydrogens is 270 g/mol. The standard InChI is InChI=1S/C16H21NO4/c1-3-4-10-17-14(18)11-21-16-12(2)6-5-7-13(16)8-9-15(19)20/h5-9H,3-4,10-11H2,1-2H3,(H,17,18)(H,19,20)/b9-8+. The monoisotopic (exact) mass is 291 g/mol. The van der Waals surface area contributed by atoms with Gasteiger partial charge in [0.2, 0.25) is 0 Å². The first-order valence-electron chi connectivity index (χ1n) is 6.94. The van der Waals surface area contributed by atoms with Gasteiger partial charge in [0, 0.05) is 18.2 Å². The van der Waals surface area contributed by atoms with E-state index in [4.69, 9.17) is 9.84 Å². The zero-order valence-electron chi connectivity index (χ0n) is 12.4. The number of amides is 1. The summed E-state index contributed by atoms with van der Waals surface area (Å²) < 4.78 is 5.54. The lowest BCUT2D eigenvalue weighted by Crippen LogP contribution is -2.29. The Hall–Kier alpha value is -2.30. The summed E-state index contributed by atoms with van der Waals surface area (Å²) in [7, 11) is 0. The fraction of sp³-hybridized carbons (Fsp3) is 0.375. The molecule has 1 aromatic rings. The third-order valence-electron chi connectivity index (χ3n) is 2.85. The van der Waals surface area contributed by atoms with E-state index in [9.17, 15) is 9.59 Å². The highest BCUT2D eigenvalue weighted by Gasteiger charge is 2.08. The highest BCUT2D eigenvalue weighted by molar-refractivity contribution is 5.86. The second-order valence-electron chi connectivity index (χ2n) is 4.66. The molecule has 0 radical (unpaired) electrons. The summed E-state index contributed by atoms with van der Waals surface area (Å²) in [6, 6.07) is 5.41. The van der Waals surface area contributed by atoms with E-state index in [1.165, 1.54) is 6.08 Å². The van der Waals surface area contributed by atoms with Gasteiger partial charge in [-0.25, -0.2) is 4.79 Å². The van der Waals surface area contributed by atoms with Crippen LogP contribution in [0.1, 0.15) is 30.9 Å². The Morgan fingerprint density at radius 3 is 2.81 bits per heavy atom. The van der Waals surface area contributed by atoms with Crippen LogP contribution in [0.2, 0.25) is 0 Å². The Balaban J connectivity index is 2.69. The minimum Gasteiger partial charge on any atom is -0.483 e. The Morgan fingerprint density at radius 1 is 1.38 bits per heavy atom. The highest BCUT2D eigenvalue weighted by atomic mass is 16.5. The van der Waals surface area contributed by atoms with E-state index in [2.05, 4.69) is 12.2 Å². The first-order valence-corrected chi connectivity index (χ1v) is 6.94. The molecule has 0 saturated carbocycles. The van der Waals surface area contributed by atoms with Crippen LogP contribution in [0.3, 0.4) is 0 Å². The van der Waals surface area contributed by atoms with Crippen LogP contribution in [0.5, 0.6) is 5.75 Å². The molecule has 114 valence electrons. The van der Waals surface area contributed by atoms with Gasteiger partial charge in [-0.05, 0) is 25.0 Å². The molecule has 0 atom stereocenters. The predicted molar refractivity (Wildman–Crippen MR) is 81.3 cm³/mol. The number of carbonyl (C=O) groups is 2. The number of carbonyl (C=O) groups excluding carboxylic acids is 1. The second kappa shape index (κ2) is 8.79. The van der Waals surface area contributed by atoms with Crippen LogP contribution in [0.25, 0.3) is 6.08 Å². The van der Waals surface area contributed by atoms with E-state index >= 15 is 0 Å². The van der Waals surface area contributed by atoms with Crippen molar-refractivity contribution >= 4 is 18.0 Å². The fourth-order valence-corrected chi connectivity index (χ4v) is 1.76. The van der Waals surface area contributed by atoms with Crippen LogP contribution in [0, 0.1) is 6.92 Å². The highest BCUT2D eigenvalue weighted by Crippen LogP contribution is 2.24. The molecule has 0 aliphatic carbocycles. The molecule has 5 nitrogen and oxygen atoms in total. The van der Waals surface area contributed by atoms with Crippen molar-refractivity contribution in [2.75, 3.05) is 13.2 Å². The maximum Gasteiger partial charge on any atom is 0.328 e. The summed E-state index contributed by atoms with van der Waals surface area (Å²) >= 11 is 0. The van der Waals surface area contributed by atoms with Crippen molar-refractivity contribution in [2.45, 2.75) is 26.7 Å². The number of benzene rings is 1. The number of aliphatic carboxylic acids is 1. The quantitative estimate of drug-likeness (QED) is 0.569. The van der Waals surface area contributed by atoms with Gasteiger partial charge in [-0.15, -0.1) is 0 Å². The summed E-state index contributed by atoms with van der Waals surface area (Å²) in [6.07, 6.45) is 4.45. The number of carboxylic acid groups (broad SMARTS) is 1. The molecule has 21 heavy (non-hydrogen) atoms. The lowest BCUT2D eigenvalue weighted by atomic mass is 10.1. The molecule has 1 aromatic carbocycles. The second-order valence-corrected chi connectivity index (χ2v) is 4.66. The number of carboxylic acids is 1. The van der Waals surface area contributed by atoms with Crippen LogP contribution >= 0.6 is 0 Å². The molecule has 0 aliphatic heterocycles.